The fraction of sp³-hybridized carbons (Fsp3) is 0.786. The lowest BCUT2D eigenvalue weighted by Crippen LogP contribution is -2.34. The minimum absolute atomic E-state index is 0.697. The van der Waals surface area contributed by atoms with Crippen LogP contribution in [0.2, 0.25) is 0 Å². The number of hydrogen-bond acceptors (Lipinski definition) is 4. The molecule has 0 radical (unpaired) electrons. The summed E-state index contributed by atoms with van der Waals surface area (Å²) in [6.07, 6.45) is 6.06. The van der Waals surface area contributed by atoms with Gasteiger partial charge in [-0.1, -0.05) is 6.92 Å². The van der Waals surface area contributed by atoms with E-state index in [2.05, 4.69) is 16.9 Å². The van der Waals surface area contributed by atoms with E-state index in [9.17, 15) is 5.11 Å². The summed E-state index contributed by atoms with van der Waals surface area (Å²) in [4.78, 5) is 2.41. The molecule has 0 aromatic carbocycles. The number of aliphatic hydroxyl groups is 1. The highest BCUT2D eigenvalue weighted by Crippen LogP contribution is 2.41. The molecule has 1 atom stereocenters. The van der Waals surface area contributed by atoms with Gasteiger partial charge in [0.1, 0.15) is 11.3 Å². The van der Waals surface area contributed by atoms with Crippen molar-refractivity contribution in [2.45, 2.75) is 50.8 Å². The van der Waals surface area contributed by atoms with E-state index in [1.54, 1.807) is 13.3 Å². The summed E-state index contributed by atoms with van der Waals surface area (Å²) < 4.78 is 7.31. The normalized spacial score (nSPS) is 27.9. The number of rotatable bonds is 5. The van der Waals surface area contributed by atoms with Crippen molar-refractivity contribution in [2.24, 2.45) is 0 Å². The van der Waals surface area contributed by atoms with E-state index in [0.29, 0.717) is 18.3 Å². The summed E-state index contributed by atoms with van der Waals surface area (Å²) >= 11 is 0. The van der Waals surface area contributed by atoms with E-state index in [0.717, 1.165) is 31.6 Å². The third-order valence-corrected chi connectivity index (χ3v) is 4.24. The van der Waals surface area contributed by atoms with Crippen molar-refractivity contribution in [1.29, 1.82) is 0 Å². The SMILES string of the molecule is CCCn1ncc(OC)c1C1(O)CCN(C2CC2)C1. The van der Waals surface area contributed by atoms with Gasteiger partial charge < -0.3 is 9.84 Å². The van der Waals surface area contributed by atoms with Crippen LogP contribution in [-0.4, -0.2) is 46.0 Å². The van der Waals surface area contributed by atoms with E-state index in [4.69, 9.17) is 4.74 Å². The average molecular weight is 265 g/mol. The van der Waals surface area contributed by atoms with Gasteiger partial charge in [-0.05, 0) is 25.7 Å². The Morgan fingerprint density at radius 2 is 2.32 bits per heavy atom. The third kappa shape index (κ3) is 2.25. The number of ether oxygens (including phenoxy) is 1. The van der Waals surface area contributed by atoms with Crippen LogP contribution in [0.1, 0.15) is 38.3 Å². The van der Waals surface area contributed by atoms with Gasteiger partial charge in [-0.15, -0.1) is 0 Å². The van der Waals surface area contributed by atoms with E-state index < -0.39 is 5.60 Å². The van der Waals surface area contributed by atoms with Crippen molar-refractivity contribution in [2.75, 3.05) is 20.2 Å². The number of aromatic nitrogens is 2. The molecule has 19 heavy (non-hydrogen) atoms. The summed E-state index contributed by atoms with van der Waals surface area (Å²) in [6.45, 7) is 4.63. The Morgan fingerprint density at radius 1 is 1.53 bits per heavy atom. The minimum Gasteiger partial charge on any atom is -0.493 e. The van der Waals surface area contributed by atoms with E-state index >= 15 is 0 Å². The van der Waals surface area contributed by atoms with Crippen LogP contribution in [0.4, 0.5) is 0 Å². The Balaban J connectivity index is 1.89. The average Bonchev–Trinajstić information content (AvgIpc) is 3.05. The van der Waals surface area contributed by atoms with Gasteiger partial charge in [0.05, 0.1) is 13.3 Å². The molecule has 0 spiro atoms. The van der Waals surface area contributed by atoms with Crippen molar-refractivity contribution < 1.29 is 9.84 Å². The van der Waals surface area contributed by atoms with E-state index in [1.165, 1.54) is 12.8 Å². The van der Waals surface area contributed by atoms with Gasteiger partial charge in [0.2, 0.25) is 0 Å². The molecule has 1 aromatic rings. The van der Waals surface area contributed by atoms with Crippen LogP contribution in [0.3, 0.4) is 0 Å². The van der Waals surface area contributed by atoms with Gasteiger partial charge in [0.15, 0.2) is 5.75 Å². The van der Waals surface area contributed by atoms with Gasteiger partial charge >= 0.3 is 0 Å². The minimum atomic E-state index is -0.806. The van der Waals surface area contributed by atoms with E-state index in [-0.39, 0.29) is 0 Å². The molecule has 1 saturated carbocycles. The van der Waals surface area contributed by atoms with Crippen LogP contribution in [0, 0.1) is 0 Å². The fourth-order valence-electron chi connectivity index (χ4n) is 3.14. The first kappa shape index (κ1) is 12.9. The molecule has 2 aliphatic rings. The van der Waals surface area contributed by atoms with Crippen LogP contribution < -0.4 is 4.74 Å². The lowest BCUT2D eigenvalue weighted by atomic mass is 9.98. The van der Waals surface area contributed by atoms with Gasteiger partial charge in [0.25, 0.3) is 0 Å². The second-order valence-electron chi connectivity index (χ2n) is 5.77. The Morgan fingerprint density at radius 3 is 2.95 bits per heavy atom. The molecule has 1 aliphatic heterocycles. The number of nitrogens with zero attached hydrogens (tertiary/aromatic N) is 3. The van der Waals surface area contributed by atoms with Crippen molar-refractivity contribution in [1.82, 2.24) is 14.7 Å². The molecule has 0 amide bonds. The van der Waals surface area contributed by atoms with Gasteiger partial charge in [-0.3, -0.25) is 9.58 Å². The molecule has 2 heterocycles. The van der Waals surface area contributed by atoms with Crippen LogP contribution in [0.25, 0.3) is 0 Å². The first-order valence-corrected chi connectivity index (χ1v) is 7.24. The molecule has 2 fully saturated rings. The molecule has 1 N–H and O–H groups in total. The quantitative estimate of drug-likeness (QED) is 0.873. The Bertz CT molecular complexity index is 456. The summed E-state index contributed by atoms with van der Waals surface area (Å²) in [5.41, 5.74) is 0.0552. The first-order valence-electron chi connectivity index (χ1n) is 7.24. The lowest BCUT2D eigenvalue weighted by Gasteiger charge is -2.25. The van der Waals surface area contributed by atoms with Gasteiger partial charge in [-0.25, -0.2) is 0 Å². The van der Waals surface area contributed by atoms with Crippen molar-refractivity contribution in [3.05, 3.63) is 11.9 Å². The molecular weight excluding hydrogens is 242 g/mol. The van der Waals surface area contributed by atoms with Crippen LogP contribution in [-0.2, 0) is 12.1 Å². The predicted octanol–water partition coefficient (Wildman–Crippen LogP) is 1.36. The van der Waals surface area contributed by atoms with Crippen LogP contribution in [0.5, 0.6) is 5.75 Å². The Hall–Kier alpha value is -1.07. The highest BCUT2D eigenvalue weighted by atomic mass is 16.5. The van der Waals surface area contributed by atoms with E-state index in [1.807, 2.05) is 4.68 Å². The van der Waals surface area contributed by atoms with Crippen molar-refractivity contribution >= 4 is 0 Å². The maximum atomic E-state index is 11.0. The highest BCUT2D eigenvalue weighted by molar-refractivity contribution is 5.32. The molecule has 1 saturated heterocycles. The van der Waals surface area contributed by atoms with Gasteiger partial charge in [0, 0.05) is 25.7 Å². The van der Waals surface area contributed by atoms with Crippen molar-refractivity contribution in [3.63, 3.8) is 0 Å². The maximum Gasteiger partial charge on any atom is 0.162 e. The number of β-amino-alcohol motifs (C(OH)–C–C–N with tert-alkyl or cyclic N) is 1. The number of likely N-dealkylation sites (tertiary alicyclic amines) is 1. The zero-order valence-corrected chi connectivity index (χ0v) is 11.8. The summed E-state index contributed by atoms with van der Waals surface area (Å²) in [6, 6.07) is 0.697. The number of methoxy groups -OCH3 is 1. The maximum absolute atomic E-state index is 11.0. The second-order valence-corrected chi connectivity index (χ2v) is 5.77. The molecule has 5 heteroatoms. The van der Waals surface area contributed by atoms with Crippen LogP contribution in [0.15, 0.2) is 6.20 Å². The predicted molar refractivity (Wildman–Crippen MR) is 72.2 cm³/mol. The molecule has 3 rings (SSSR count). The standard InChI is InChI=1S/C14H23N3O2/c1-3-7-17-13(12(19-2)9-15-17)14(18)6-8-16(10-14)11-4-5-11/h9,11,18H,3-8,10H2,1-2H3. The van der Waals surface area contributed by atoms with Crippen molar-refractivity contribution in [3.8, 4) is 5.75 Å². The van der Waals surface area contributed by atoms with Crippen LogP contribution >= 0.6 is 0 Å². The topological polar surface area (TPSA) is 50.5 Å². The molecule has 5 nitrogen and oxygen atoms in total. The second kappa shape index (κ2) is 4.80. The first-order chi connectivity index (χ1) is 9.18. The zero-order valence-electron chi connectivity index (χ0n) is 11.8. The Labute approximate surface area is 114 Å². The summed E-state index contributed by atoms with van der Waals surface area (Å²) in [5, 5.41) is 15.4. The zero-order chi connectivity index (χ0) is 13.5. The number of hydrogen-bond donors (Lipinski definition) is 1. The Kier molecular flexibility index (Phi) is 3.27. The highest BCUT2D eigenvalue weighted by Gasteiger charge is 2.46. The summed E-state index contributed by atoms with van der Waals surface area (Å²) in [5.74, 6) is 0.716. The lowest BCUT2D eigenvalue weighted by molar-refractivity contribution is 0.0335. The summed E-state index contributed by atoms with van der Waals surface area (Å²) in [7, 11) is 1.65. The smallest absolute Gasteiger partial charge is 0.162 e. The molecular formula is C14H23N3O2. The molecule has 106 valence electrons. The molecule has 1 aliphatic carbocycles. The molecule has 0 bridgehead atoms. The van der Waals surface area contributed by atoms with Gasteiger partial charge in [-0.2, -0.15) is 5.10 Å². The fourth-order valence-corrected chi connectivity index (χ4v) is 3.14. The number of aryl methyl sites for hydroxylation is 1. The molecule has 1 unspecified atom stereocenters. The monoisotopic (exact) mass is 265 g/mol. The molecule has 1 aromatic heterocycles. The largest absolute Gasteiger partial charge is 0.493 e. The third-order valence-electron chi connectivity index (χ3n) is 4.24.